The smallest absolute Gasteiger partial charge is 0.269 e. The molecule has 0 aliphatic carbocycles. The van der Waals surface area contributed by atoms with Crippen molar-refractivity contribution in [2.45, 2.75) is 19.8 Å². The van der Waals surface area contributed by atoms with Gasteiger partial charge in [0.2, 0.25) is 0 Å². The van der Waals surface area contributed by atoms with Crippen LogP contribution in [0.2, 0.25) is 0 Å². The summed E-state index contributed by atoms with van der Waals surface area (Å²) in [5.41, 5.74) is 0.483. The number of halogens is 1. The molecular formula is C12H17BrN2O. The molecule has 1 aromatic rings. The highest BCUT2D eigenvalue weighted by Crippen LogP contribution is 2.08. The van der Waals surface area contributed by atoms with Crippen molar-refractivity contribution in [3.8, 4) is 0 Å². The standard InChI is InChI=1S/C12H17BrN2O/c1-2-10(6-7-13)9-15-12(16)11-5-3-4-8-14-11/h3-5,8,10H,2,6-7,9H2,1H3,(H,15,16). The van der Waals surface area contributed by atoms with Gasteiger partial charge in [0, 0.05) is 18.1 Å². The summed E-state index contributed by atoms with van der Waals surface area (Å²) >= 11 is 3.42. The first-order chi connectivity index (χ1) is 7.77. The average Bonchev–Trinajstić information content (AvgIpc) is 2.35. The monoisotopic (exact) mass is 284 g/mol. The minimum Gasteiger partial charge on any atom is -0.350 e. The molecule has 0 saturated carbocycles. The van der Waals surface area contributed by atoms with Crippen LogP contribution in [0.25, 0.3) is 0 Å². The van der Waals surface area contributed by atoms with E-state index in [0.717, 1.165) is 24.7 Å². The van der Waals surface area contributed by atoms with Crippen molar-refractivity contribution in [2.24, 2.45) is 5.92 Å². The Hall–Kier alpha value is -0.900. The molecule has 4 heteroatoms. The van der Waals surface area contributed by atoms with Gasteiger partial charge in [-0.3, -0.25) is 9.78 Å². The van der Waals surface area contributed by atoms with Gasteiger partial charge in [0.25, 0.3) is 5.91 Å². The molecule has 0 radical (unpaired) electrons. The Morgan fingerprint density at radius 1 is 1.56 bits per heavy atom. The second kappa shape index (κ2) is 7.39. The molecule has 1 heterocycles. The lowest BCUT2D eigenvalue weighted by Crippen LogP contribution is -2.29. The van der Waals surface area contributed by atoms with Crippen LogP contribution in [-0.2, 0) is 0 Å². The van der Waals surface area contributed by atoms with E-state index in [1.54, 1.807) is 18.3 Å². The molecule has 88 valence electrons. The van der Waals surface area contributed by atoms with Gasteiger partial charge in [0.1, 0.15) is 5.69 Å². The highest BCUT2D eigenvalue weighted by molar-refractivity contribution is 9.09. The molecule has 0 bridgehead atoms. The Labute approximate surface area is 105 Å². The molecule has 1 aromatic heterocycles. The number of carbonyl (C=O) groups is 1. The fourth-order valence-corrected chi connectivity index (χ4v) is 2.08. The zero-order valence-electron chi connectivity index (χ0n) is 9.45. The number of aromatic nitrogens is 1. The van der Waals surface area contributed by atoms with Crippen molar-refractivity contribution >= 4 is 21.8 Å². The number of carbonyl (C=O) groups excluding carboxylic acids is 1. The van der Waals surface area contributed by atoms with Gasteiger partial charge in [-0.25, -0.2) is 0 Å². The predicted octanol–water partition coefficient (Wildman–Crippen LogP) is 2.62. The summed E-state index contributed by atoms with van der Waals surface area (Å²) in [7, 11) is 0. The maximum atomic E-state index is 11.7. The summed E-state index contributed by atoms with van der Waals surface area (Å²) in [5.74, 6) is 0.445. The lowest BCUT2D eigenvalue weighted by atomic mass is 10.0. The fraction of sp³-hybridized carbons (Fsp3) is 0.500. The molecule has 1 unspecified atom stereocenters. The zero-order chi connectivity index (χ0) is 11.8. The Bertz CT molecular complexity index is 316. The summed E-state index contributed by atoms with van der Waals surface area (Å²) < 4.78 is 0. The van der Waals surface area contributed by atoms with Crippen LogP contribution >= 0.6 is 15.9 Å². The van der Waals surface area contributed by atoms with E-state index in [1.807, 2.05) is 6.07 Å². The number of nitrogens with one attached hydrogen (secondary N) is 1. The SMILES string of the molecule is CCC(CCBr)CNC(=O)c1ccccn1. The second-order valence-electron chi connectivity index (χ2n) is 3.68. The molecule has 0 fully saturated rings. The van der Waals surface area contributed by atoms with Crippen molar-refractivity contribution in [3.05, 3.63) is 30.1 Å². The van der Waals surface area contributed by atoms with E-state index < -0.39 is 0 Å². The van der Waals surface area contributed by atoms with Gasteiger partial charge in [0.05, 0.1) is 0 Å². The summed E-state index contributed by atoms with van der Waals surface area (Å²) in [5, 5.41) is 3.89. The van der Waals surface area contributed by atoms with E-state index in [0.29, 0.717) is 11.6 Å². The summed E-state index contributed by atoms with van der Waals surface area (Å²) in [6.07, 6.45) is 3.79. The van der Waals surface area contributed by atoms with Gasteiger partial charge in [-0.05, 0) is 24.5 Å². The van der Waals surface area contributed by atoms with Gasteiger partial charge < -0.3 is 5.32 Å². The lowest BCUT2D eigenvalue weighted by molar-refractivity contribution is 0.0941. The molecule has 1 rings (SSSR count). The van der Waals surface area contributed by atoms with Crippen molar-refractivity contribution in [1.29, 1.82) is 0 Å². The van der Waals surface area contributed by atoms with Crippen LogP contribution in [0.15, 0.2) is 24.4 Å². The van der Waals surface area contributed by atoms with Crippen LogP contribution in [-0.4, -0.2) is 22.8 Å². The Balaban J connectivity index is 2.40. The molecule has 0 saturated heterocycles. The first kappa shape index (κ1) is 13.2. The predicted molar refractivity (Wildman–Crippen MR) is 68.8 cm³/mol. The number of hydrogen-bond donors (Lipinski definition) is 1. The molecule has 16 heavy (non-hydrogen) atoms. The molecule has 0 aromatic carbocycles. The topological polar surface area (TPSA) is 42.0 Å². The van der Waals surface area contributed by atoms with Crippen LogP contribution in [0.4, 0.5) is 0 Å². The van der Waals surface area contributed by atoms with Crippen molar-refractivity contribution in [2.75, 3.05) is 11.9 Å². The molecule has 1 atom stereocenters. The van der Waals surface area contributed by atoms with E-state index in [-0.39, 0.29) is 5.91 Å². The number of amides is 1. The van der Waals surface area contributed by atoms with Crippen LogP contribution < -0.4 is 5.32 Å². The molecule has 0 aliphatic heterocycles. The van der Waals surface area contributed by atoms with Crippen molar-refractivity contribution in [1.82, 2.24) is 10.3 Å². The van der Waals surface area contributed by atoms with E-state index in [4.69, 9.17) is 0 Å². The largest absolute Gasteiger partial charge is 0.350 e. The lowest BCUT2D eigenvalue weighted by Gasteiger charge is -2.13. The van der Waals surface area contributed by atoms with Crippen molar-refractivity contribution in [3.63, 3.8) is 0 Å². The average molecular weight is 285 g/mol. The van der Waals surface area contributed by atoms with Crippen molar-refractivity contribution < 1.29 is 4.79 Å². The maximum Gasteiger partial charge on any atom is 0.269 e. The number of alkyl halides is 1. The van der Waals surface area contributed by atoms with Crippen LogP contribution in [0.1, 0.15) is 30.3 Å². The minimum atomic E-state index is -0.0892. The number of nitrogens with zero attached hydrogens (tertiary/aromatic N) is 1. The van der Waals surface area contributed by atoms with Crippen LogP contribution in [0.3, 0.4) is 0 Å². The Morgan fingerprint density at radius 2 is 2.38 bits per heavy atom. The number of pyridine rings is 1. The molecular weight excluding hydrogens is 268 g/mol. The zero-order valence-corrected chi connectivity index (χ0v) is 11.0. The quantitative estimate of drug-likeness (QED) is 0.816. The molecule has 0 aliphatic rings. The Morgan fingerprint density at radius 3 is 2.94 bits per heavy atom. The van der Waals surface area contributed by atoms with Crippen LogP contribution in [0.5, 0.6) is 0 Å². The number of rotatable bonds is 6. The highest BCUT2D eigenvalue weighted by atomic mass is 79.9. The maximum absolute atomic E-state index is 11.7. The third-order valence-corrected chi connectivity index (χ3v) is 3.00. The van der Waals surface area contributed by atoms with Gasteiger partial charge in [-0.2, -0.15) is 0 Å². The molecule has 0 spiro atoms. The van der Waals surface area contributed by atoms with E-state index in [1.165, 1.54) is 0 Å². The summed E-state index contributed by atoms with van der Waals surface area (Å²) in [4.78, 5) is 15.7. The van der Waals surface area contributed by atoms with Crippen LogP contribution in [0, 0.1) is 5.92 Å². The summed E-state index contributed by atoms with van der Waals surface area (Å²) in [6.45, 7) is 2.86. The fourth-order valence-electron chi connectivity index (χ4n) is 1.43. The minimum absolute atomic E-state index is 0.0892. The Kier molecular flexibility index (Phi) is 6.08. The third kappa shape index (κ3) is 4.31. The molecule has 1 amide bonds. The number of hydrogen-bond acceptors (Lipinski definition) is 2. The van der Waals surface area contributed by atoms with Gasteiger partial charge in [-0.15, -0.1) is 0 Å². The third-order valence-electron chi connectivity index (χ3n) is 2.54. The van der Waals surface area contributed by atoms with Gasteiger partial charge in [0.15, 0.2) is 0 Å². The highest BCUT2D eigenvalue weighted by Gasteiger charge is 2.09. The molecule has 3 nitrogen and oxygen atoms in total. The molecule has 1 N–H and O–H groups in total. The van der Waals surface area contributed by atoms with E-state index in [2.05, 4.69) is 33.2 Å². The van der Waals surface area contributed by atoms with E-state index in [9.17, 15) is 4.79 Å². The first-order valence-electron chi connectivity index (χ1n) is 5.53. The van der Waals surface area contributed by atoms with Gasteiger partial charge in [-0.1, -0.05) is 35.3 Å². The summed E-state index contributed by atoms with van der Waals surface area (Å²) in [6, 6.07) is 5.34. The first-order valence-corrected chi connectivity index (χ1v) is 6.65. The van der Waals surface area contributed by atoms with Gasteiger partial charge >= 0.3 is 0 Å². The normalized spacial score (nSPS) is 12.1. The van der Waals surface area contributed by atoms with E-state index >= 15 is 0 Å². The second-order valence-corrected chi connectivity index (χ2v) is 4.47.